The van der Waals surface area contributed by atoms with Crippen LogP contribution in [0.1, 0.15) is 23.2 Å². The molecule has 0 N–H and O–H groups in total. The van der Waals surface area contributed by atoms with E-state index in [0.717, 1.165) is 25.0 Å². The lowest BCUT2D eigenvalue weighted by atomic mass is 10.1. The molecule has 0 atom stereocenters. The highest BCUT2D eigenvalue weighted by molar-refractivity contribution is 7.92. The standard InChI is InChI=1S/C20H21FN2O5S2/c21-16-5-9-17(10-6-16)29(25,26)19-13-22(14-19)20(24)15-3-7-18(8-4-15)30(27,28)23-11-1-2-12-23/h3-10,19H,1-2,11-14H2. The highest BCUT2D eigenvalue weighted by Gasteiger charge is 2.40. The first-order valence-electron chi connectivity index (χ1n) is 9.58. The van der Waals surface area contributed by atoms with Gasteiger partial charge in [-0.1, -0.05) is 0 Å². The third-order valence-corrected chi connectivity index (χ3v) is 9.54. The molecule has 1 amide bonds. The van der Waals surface area contributed by atoms with Crippen molar-refractivity contribution >= 4 is 25.8 Å². The Labute approximate surface area is 175 Å². The van der Waals surface area contributed by atoms with Gasteiger partial charge in [0.2, 0.25) is 10.0 Å². The van der Waals surface area contributed by atoms with Crippen molar-refractivity contribution in [2.45, 2.75) is 27.9 Å². The largest absolute Gasteiger partial charge is 0.336 e. The number of rotatable bonds is 5. The van der Waals surface area contributed by atoms with Crippen molar-refractivity contribution in [3.8, 4) is 0 Å². The maximum Gasteiger partial charge on any atom is 0.253 e. The van der Waals surface area contributed by atoms with Crippen LogP contribution in [0.3, 0.4) is 0 Å². The molecule has 0 bridgehead atoms. The van der Waals surface area contributed by atoms with E-state index in [0.29, 0.717) is 18.7 Å². The van der Waals surface area contributed by atoms with Gasteiger partial charge in [0.05, 0.1) is 9.79 Å². The van der Waals surface area contributed by atoms with Crippen molar-refractivity contribution in [1.29, 1.82) is 0 Å². The van der Waals surface area contributed by atoms with Gasteiger partial charge in [0.15, 0.2) is 9.84 Å². The summed E-state index contributed by atoms with van der Waals surface area (Å²) in [7, 11) is -7.20. The van der Waals surface area contributed by atoms with E-state index in [9.17, 15) is 26.0 Å². The molecule has 0 spiro atoms. The minimum atomic E-state index is -3.65. The molecule has 2 aromatic rings. The first-order valence-corrected chi connectivity index (χ1v) is 12.6. The molecule has 7 nitrogen and oxygen atoms in total. The summed E-state index contributed by atoms with van der Waals surface area (Å²) in [6.07, 6.45) is 1.68. The molecular weight excluding hydrogens is 431 g/mol. The summed E-state index contributed by atoms with van der Waals surface area (Å²) in [6.45, 7) is 1.07. The van der Waals surface area contributed by atoms with Crippen LogP contribution >= 0.6 is 0 Å². The molecule has 2 heterocycles. The second-order valence-electron chi connectivity index (χ2n) is 7.47. The SMILES string of the molecule is O=C(c1ccc(S(=O)(=O)N2CCCC2)cc1)N1CC(S(=O)(=O)c2ccc(F)cc2)C1. The van der Waals surface area contributed by atoms with Gasteiger partial charge in [-0.3, -0.25) is 4.79 Å². The zero-order valence-electron chi connectivity index (χ0n) is 16.1. The average Bonchev–Trinajstić information content (AvgIpc) is 3.23. The fraction of sp³-hybridized carbons (Fsp3) is 0.350. The minimum Gasteiger partial charge on any atom is -0.336 e. The summed E-state index contributed by atoms with van der Waals surface area (Å²) >= 11 is 0. The van der Waals surface area contributed by atoms with Crippen LogP contribution in [-0.4, -0.2) is 63.4 Å². The summed E-state index contributed by atoms with van der Waals surface area (Å²) in [5.74, 6) is -0.875. The van der Waals surface area contributed by atoms with E-state index >= 15 is 0 Å². The topological polar surface area (TPSA) is 91.8 Å². The Bertz CT molecular complexity index is 1150. The number of halogens is 1. The fourth-order valence-corrected chi connectivity index (χ4v) is 6.82. The van der Waals surface area contributed by atoms with Gasteiger partial charge in [0, 0.05) is 31.7 Å². The normalized spacial score (nSPS) is 18.4. The maximum absolute atomic E-state index is 13.0. The second kappa shape index (κ2) is 7.75. The Balaban J connectivity index is 1.42. The van der Waals surface area contributed by atoms with Gasteiger partial charge in [0.1, 0.15) is 11.1 Å². The van der Waals surface area contributed by atoms with Crippen LogP contribution in [0.25, 0.3) is 0 Å². The monoisotopic (exact) mass is 452 g/mol. The average molecular weight is 453 g/mol. The van der Waals surface area contributed by atoms with Gasteiger partial charge in [0.25, 0.3) is 5.91 Å². The molecule has 2 saturated heterocycles. The van der Waals surface area contributed by atoms with E-state index in [1.807, 2.05) is 0 Å². The lowest BCUT2D eigenvalue weighted by molar-refractivity contribution is 0.0658. The first-order chi connectivity index (χ1) is 14.2. The molecule has 0 aliphatic carbocycles. The molecule has 10 heteroatoms. The number of sulfonamides is 1. The number of hydrogen-bond acceptors (Lipinski definition) is 5. The Hall–Kier alpha value is -2.30. The van der Waals surface area contributed by atoms with Crippen molar-refractivity contribution in [1.82, 2.24) is 9.21 Å². The highest BCUT2D eigenvalue weighted by Crippen LogP contribution is 2.26. The van der Waals surface area contributed by atoms with E-state index < -0.39 is 30.9 Å². The zero-order chi connectivity index (χ0) is 21.5. The van der Waals surface area contributed by atoms with Crippen LogP contribution in [0.15, 0.2) is 58.3 Å². The third-order valence-electron chi connectivity index (χ3n) is 5.52. The quantitative estimate of drug-likeness (QED) is 0.647. The number of sulfone groups is 1. The molecule has 0 aromatic heterocycles. The van der Waals surface area contributed by atoms with Crippen molar-refractivity contribution in [2.75, 3.05) is 26.2 Å². The molecule has 0 saturated carbocycles. The van der Waals surface area contributed by atoms with Gasteiger partial charge >= 0.3 is 0 Å². The van der Waals surface area contributed by atoms with Gasteiger partial charge in [-0.15, -0.1) is 0 Å². The summed E-state index contributed by atoms with van der Waals surface area (Å²) in [5, 5.41) is -0.748. The van der Waals surface area contributed by atoms with Crippen LogP contribution < -0.4 is 0 Å². The van der Waals surface area contributed by atoms with E-state index in [1.165, 1.54) is 45.6 Å². The summed E-state index contributed by atoms with van der Waals surface area (Å²) < 4.78 is 64.8. The van der Waals surface area contributed by atoms with Crippen LogP contribution in [-0.2, 0) is 19.9 Å². The van der Waals surface area contributed by atoms with Crippen LogP contribution in [0.5, 0.6) is 0 Å². The minimum absolute atomic E-state index is 0.0254. The molecule has 4 rings (SSSR count). The van der Waals surface area contributed by atoms with E-state index in [2.05, 4.69) is 0 Å². The number of hydrogen-bond donors (Lipinski definition) is 0. The number of nitrogens with zero attached hydrogens (tertiary/aromatic N) is 2. The lowest BCUT2D eigenvalue weighted by Crippen LogP contribution is -2.56. The summed E-state index contributed by atoms with van der Waals surface area (Å²) in [5.41, 5.74) is 0.299. The summed E-state index contributed by atoms with van der Waals surface area (Å²) in [4.78, 5) is 14.2. The molecule has 0 radical (unpaired) electrons. The predicted octanol–water partition coefficient (Wildman–Crippen LogP) is 1.91. The number of likely N-dealkylation sites (tertiary alicyclic amines) is 1. The van der Waals surface area contributed by atoms with Gasteiger partial charge in [-0.25, -0.2) is 21.2 Å². The van der Waals surface area contributed by atoms with Crippen LogP contribution in [0.4, 0.5) is 4.39 Å². The first kappa shape index (κ1) is 21.0. The van der Waals surface area contributed by atoms with Gasteiger partial charge < -0.3 is 4.90 Å². The van der Waals surface area contributed by atoms with Crippen LogP contribution in [0.2, 0.25) is 0 Å². The van der Waals surface area contributed by atoms with Crippen molar-refractivity contribution in [3.05, 3.63) is 59.9 Å². The zero-order valence-corrected chi connectivity index (χ0v) is 17.7. The van der Waals surface area contributed by atoms with Gasteiger partial charge in [-0.2, -0.15) is 4.31 Å². The summed E-state index contributed by atoms with van der Waals surface area (Å²) in [6, 6.07) is 10.3. The lowest BCUT2D eigenvalue weighted by Gasteiger charge is -2.38. The molecule has 0 unspecified atom stereocenters. The molecule has 2 aliphatic heterocycles. The smallest absolute Gasteiger partial charge is 0.253 e. The number of carbonyl (C=O) groups is 1. The van der Waals surface area contributed by atoms with E-state index in [4.69, 9.17) is 0 Å². The maximum atomic E-state index is 13.0. The Morgan fingerprint density at radius 3 is 1.93 bits per heavy atom. The second-order valence-corrected chi connectivity index (χ2v) is 11.6. The van der Waals surface area contributed by atoms with Gasteiger partial charge in [-0.05, 0) is 61.4 Å². The van der Waals surface area contributed by atoms with Crippen molar-refractivity contribution in [2.24, 2.45) is 0 Å². The predicted molar refractivity (Wildman–Crippen MR) is 108 cm³/mol. The third kappa shape index (κ3) is 3.75. The highest BCUT2D eigenvalue weighted by atomic mass is 32.2. The molecule has 30 heavy (non-hydrogen) atoms. The van der Waals surface area contributed by atoms with E-state index in [1.54, 1.807) is 0 Å². The molecule has 160 valence electrons. The van der Waals surface area contributed by atoms with Crippen molar-refractivity contribution in [3.63, 3.8) is 0 Å². The molecule has 2 aliphatic rings. The van der Waals surface area contributed by atoms with Crippen molar-refractivity contribution < 1.29 is 26.0 Å². The molecule has 2 aromatic carbocycles. The van der Waals surface area contributed by atoms with Crippen LogP contribution in [0, 0.1) is 5.82 Å². The fourth-order valence-electron chi connectivity index (χ4n) is 3.65. The Kier molecular flexibility index (Phi) is 5.41. The number of amides is 1. The Morgan fingerprint density at radius 2 is 1.37 bits per heavy atom. The van der Waals surface area contributed by atoms with E-state index in [-0.39, 0.29) is 28.8 Å². The molecule has 2 fully saturated rings. The Morgan fingerprint density at radius 1 is 0.833 bits per heavy atom. The number of carbonyl (C=O) groups excluding carboxylic acids is 1. The number of benzene rings is 2. The molecular formula is C20H21FN2O5S2.